The van der Waals surface area contributed by atoms with Crippen molar-refractivity contribution in [2.45, 2.75) is 6.42 Å². The number of halogens is 2. The Balaban J connectivity index is 2.20. The van der Waals surface area contributed by atoms with Gasteiger partial charge in [0, 0.05) is 22.7 Å². The fourth-order valence-electron chi connectivity index (χ4n) is 1.48. The van der Waals surface area contributed by atoms with Crippen LogP contribution >= 0.6 is 15.9 Å². The monoisotopic (exact) mass is 293 g/mol. The van der Waals surface area contributed by atoms with Gasteiger partial charge in [-0.25, -0.2) is 4.39 Å². The minimum Gasteiger partial charge on any atom is -0.294 e. The van der Waals surface area contributed by atoms with Crippen LogP contribution in [-0.2, 0) is 6.42 Å². The molecule has 1 aromatic carbocycles. The van der Waals surface area contributed by atoms with Gasteiger partial charge >= 0.3 is 0 Å². The van der Waals surface area contributed by atoms with E-state index in [2.05, 4.69) is 20.9 Å². The number of Topliss-reactive ketones (excluding diaryl/α,β-unsaturated/α-hetero) is 1. The minimum atomic E-state index is -0.497. The largest absolute Gasteiger partial charge is 0.294 e. The lowest BCUT2D eigenvalue weighted by molar-refractivity contribution is 0.0992. The van der Waals surface area contributed by atoms with Crippen molar-refractivity contribution in [3.05, 3.63) is 64.1 Å². The molecule has 0 saturated carbocycles. The second-order valence-corrected chi connectivity index (χ2v) is 4.44. The lowest BCUT2D eigenvalue weighted by atomic mass is 10.0. The van der Waals surface area contributed by atoms with Crippen molar-refractivity contribution < 1.29 is 9.18 Å². The molecule has 0 saturated heterocycles. The van der Waals surface area contributed by atoms with Gasteiger partial charge in [0.15, 0.2) is 5.78 Å². The first kappa shape index (κ1) is 11.9. The lowest BCUT2D eigenvalue weighted by Gasteiger charge is -2.03. The zero-order chi connectivity index (χ0) is 12.3. The van der Waals surface area contributed by atoms with Gasteiger partial charge < -0.3 is 0 Å². The molecular weight excluding hydrogens is 285 g/mol. The minimum absolute atomic E-state index is 0.149. The topological polar surface area (TPSA) is 30.0 Å². The zero-order valence-corrected chi connectivity index (χ0v) is 10.4. The quantitative estimate of drug-likeness (QED) is 0.812. The number of pyridine rings is 1. The van der Waals surface area contributed by atoms with E-state index in [0.717, 1.165) is 16.2 Å². The molecule has 0 aliphatic carbocycles. The molecule has 0 bridgehead atoms. The molecule has 0 spiro atoms. The number of ketones is 1. The Morgan fingerprint density at radius 2 is 2.06 bits per heavy atom. The van der Waals surface area contributed by atoms with Gasteiger partial charge in [0.25, 0.3) is 0 Å². The van der Waals surface area contributed by atoms with E-state index in [0.29, 0.717) is 5.56 Å². The van der Waals surface area contributed by atoms with Gasteiger partial charge in [0.2, 0.25) is 0 Å². The second kappa shape index (κ2) is 5.19. The number of hydrogen-bond donors (Lipinski definition) is 0. The molecule has 0 aliphatic heterocycles. The summed E-state index contributed by atoms with van der Waals surface area (Å²) in [5.74, 6) is -0.646. The van der Waals surface area contributed by atoms with Gasteiger partial charge in [0.1, 0.15) is 5.82 Å². The lowest BCUT2D eigenvalue weighted by Crippen LogP contribution is -2.05. The molecule has 2 nitrogen and oxygen atoms in total. The summed E-state index contributed by atoms with van der Waals surface area (Å²) in [6.45, 7) is 0. The third-order valence-corrected chi connectivity index (χ3v) is 3.11. The molecule has 0 fully saturated rings. The van der Waals surface area contributed by atoms with E-state index in [-0.39, 0.29) is 12.2 Å². The van der Waals surface area contributed by atoms with E-state index in [9.17, 15) is 9.18 Å². The third-order valence-electron chi connectivity index (χ3n) is 2.34. The van der Waals surface area contributed by atoms with Gasteiger partial charge in [-0.15, -0.1) is 0 Å². The van der Waals surface area contributed by atoms with E-state index < -0.39 is 5.82 Å². The smallest absolute Gasteiger partial charge is 0.168 e. The summed E-state index contributed by atoms with van der Waals surface area (Å²) in [6, 6.07) is 8.66. The van der Waals surface area contributed by atoms with Gasteiger partial charge in [0.05, 0.1) is 6.20 Å². The van der Waals surface area contributed by atoms with Crippen molar-refractivity contribution in [1.29, 1.82) is 0 Å². The molecule has 2 rings (SSSR count). The number of carbonyl (C=O) groups excluding carboxylic acids is 1. The fraction of sp³-hybridized carbons (Fsp3) is 0.0769. The van der Waals surface area contributed by atoms with Crippen molar-refractivity contribution in [1.82, 2.24) is 4.98 Å². The summed E-state index contributed by atoms with van der Waals surface area (Å²) in [5, 5.41) is 0. The van der Waals surface area contributed by atoms with Gasteiger partial charge in [-0.3, -0.25) is 9.78 Å². The average molecular weight is 294 g/mol. The molecule has 17 heavy (non-hydrogen) atoms. The summed E-state index contributed by atoms with van der Waals surface area (Å²) in [5.41, 5.74) is 1.17. The molecule has 86 valence electrons. The summed E-state index contributed by atoms with van der Waals surface area (Å²) in [6.07, 6.45) is 2.68. The fourth-order valence-corrected chi connectivity index (χ4v) is 1.91. The summed E-state index contributed by atoms with van der Waals surface area (Å²) >= 11 is 3.37. The van der Waals surface area contributed by atoms with Crippen LogP contribution < -0.4 is 0 Å². The number of carbonyl (C=O) groups is 1. The summed E-state index contributed by atoms with van der Waals surface area (Å²) in [7, 11) is 0. The van der Waals surface area contributed by atoms with Gasteiger partial charge in [-0.05, 0) is 17.7 Å². The normalized spacial score (nSPS) is 10.2. The first-order valence-electron chi connectivity index (χ1n) is 5.04. The summed E-state index contributed by atoms with van der Waals surface area (Å²) in [4.78, 5) is 15.6. The van der Waals surface area contributed by atoms with E-state index >= 15 is 0 Å². The Bertz CT molecular complexity index is 557. The van der Waals surface area contributed by atoms with Gasteiger partial charge in [-0.1, -0.05) is 34.1 Å². The van der Waals surface area contributed by atoms with Crippen molar-refractivity contribution in [3.8, 4) is 0 Å². The van der Waals surface area contributed by atoms with Crippen LogP contribution in [-0.4, -0.2) is 10.8 Å². The highest BCUT2D eigenvalue weighted by Gasteiger charge is 2.10. The zero-order valence-electron chi connectivity index (χ0n) is 8.86. The van der Waals surface area contributed by atoms with Crippen molar-refractivity contribution in [3.63, 3.8) is 0 Å². The summed E-state index contributed by atoms with van der Waals surface area (Å²) < 4.78 is 13.8. The third kappa shape index (κ3) is 2.97. The van der Waals surface area contributed by atoms with Crippen molar-refractivity contribution >= 4 is 21.7 Å². The molecule has 1 aromatic heterocycles. The van der Waals surface area contributed by atoms with E-state index in [4.69, 9.17) is 0 Å². The Kier molecular flexibility index (Phi) is 3.64. The Morgan fingerprint density at radius 3 is 2.76 bits per heavy atom. The molecule has 0 amide bonds. The second-order valence-electron chi connectivity index (χ2n) is 3.58. The highest BCUT2D eigenvalue weighted by Crippen LogP contribution is 2.18. The first-order chi connectivity index (χ1) is 8.16. The van der Waals surface area contributed by atoms with E-state index in [1.807, 2.05) is 24.3 Å². The number of benzene rings is 1. The molecule has 0 N–H and O–H groups in total. The molecule has 0 unspecified atom stereocenters. The number of aromatic nitrogens is 1. The average Bonchev–Trinajstić information content (AvgIpc) is 2.32. The van der Waals surface area contributed by atoms with Crippen LogP contribution in [0.5, 0.6) is 0 Å². The number of hydrogen-bond acceptors (Lipinski definition) is 2. The van der Waals surface area contributed by atoms with Crippen LogP contribution in [0.3, 0.4) is 0 Å². The highest BCUT2D eigenvalue weighted by molar-refractivity contribution is 9.10. The van der Waals surface area contributed by atoms with Crippen molar-refractivity contribution in [2.75, 3.05) is 0 Å². The molecule has 2 aromatic rings. The molecule has 4 heteroatoms. The molecule has 1 heterocycles. The highest BCUT2D eigenvalue weighted by atomic mass is 79.9. The van der Waals surface area contributed by atoms with Crippen LogP contribution in [0.2, 0.25) is 0 Å². The maximum absolute atomic E-state index is 12.9. The van der Waals surface area contributed by atoms with E-state index in [1.165, 1.54) is 12.3 Å². The molecular formula is C13H9BrFNO. The van der Waals surface area contributed by atoms with Crippen LogP contribution in [0.15, 0.2) is 47.2 Å². The SMILES string of the molecule is O=C(Cc1ccccc1Br)c1cncc(F)c1. The Morgan fingerprint density at radius 1 is 1.29 bits per heavy atom. The van der Waals surface area contributed by atoms with E-state index in [1.54, 1.807) is 0 Å². The van der Waals surface area contributed by atoms with Crippen LogP contribution in [0.25, 0.3) is 0 Å². The maximum Gasteiger partial charge on any atom is 0.168 e. The Labute approximate surface area is 107 Å². The molecule has 0 atom stereocenters. The number of rotatable bonds is 3. The predicted octanol–water partition coefficient (Wildman–Crippen LogP) is 3.41. The van der Waals surface area contributed by atoms with Gasteiger partial charge in [-0.2, -0.15) is 0 Å². The molecule has 0 aliphatic rings. The van der Waals surface area contributed by atoms with Crippen LogP contribution in [0, 0.1) is 5.82 Å². The number of nitrogens with zero attached hydrogens (tertiary/aromatic N) is 1. The first-order valence-corrected chi connectivity index (χ1v) is 5.83. The van der Waals surface area contributed by atoms with Crippen LogP contribution in [0.1, 0.15) is 15.9 Å². The van der Waals surface area contributed by atoms with Crippen molar-refractivity contribution in [2.24, 2.45) is 0 Å². The predicted molar refractivity (Wildman–Crippen MR) is 66.4 cm³/mol. The standard InChI is InChI=1S/C13H9BrFNO/c14-12-4-2-1-3-9(12)6-13(17)10-5-11(15)8-16-7-10/h1-5,7-8H,6H2. The molecule has 0 radical (unpaired) electrons. The van der Waals surface area contributed by atoms with Crippen LogP contribution in [0.4, 0.5) is 4.39 Å². The maximum atomic E-state index is 12.9. The Hall–Kier alpha value is -1.55.